The molecular formula is C17H19NO4. The Balaban J connectivity index is 1.91. The van der Waals surface area contributed by atoms with Gasteiger partial charge in [0.1, 0.15) is 5.75 Å². The van der Waals surface area contributed by atoms with Gasteiger partial charge in [-0.2, -0.15) is 0 Å². The summed E-state index contributed by atoms with van der Waals surface area (Å²) in [5.74, 6) is -0.350. The SMILES string of the molecule is CN(CCCC(=O)O)C(=O)COc1cccc2ccccc12. The molecule has 0 aliphatic rings. The third kappa shape index (κ3) is 4.22. The van der Waals surface area contributed by atoms with Crippen LogP contribution in [0.5, 0.6) is 5.75 Å². The second-order valence-electron chi connectivity index (χ2n) is 5.08. The number of nitrogens with zero attached hydrogens (tertiary/aromatic N) is 1. The Bertz CT molecular complexity index is 663. The van der Waals surface area contributed by atoms with Crippen LogP contribution >= 0.6 is 0 Å². The van der Waals surface area contributed by atoms with E-state index < -0.39 is 5.97 Å². The molecule has 2 aromatic rings. The lowest BCUT2D eigenvalue weighted by molar-refractivity contribution is -0.138. The van der Waals surface area contributed by atoms with Crippen LogP contribution < -0.4 is 4.74 Å². The van der Waals surface area contributed by atoms with E-state index in [0.717, 1.165) is 10.8 Å². The van der Waals surface area contributed by atoms with Crippen molar-refractivity contribution < 1.29 is 19.4 Å². The first-order valence-corrected chi connectivity index (χ1v) is 7.14. The number of ether oxygens (including phenoxy) is 1. The molecule has 0 aliphatic heterocycles. The fourth-order valence-corrected chi connectivity index (χ4v) is 2.16. The van der Waals surface area contributed by atoms with Gasteiger partial charge in [-0.3, -0.25) is 9.59 Å². The Labute approximate surface area is 129 Å². The molecule has 116 valence electrons. The van der Waals surface area contributed by atoms with E-state index in [-0.39, 0.29) is 18.9 Å². The van der Waals surface area contributed by atoms with Crippen molar-refractivity contribution in [1.82, 2.24) is 4.90 Å². The Kier molecular flexibility index (Phi) is 5.36. The van der Waals surface area contributed by atoms with Gasteiger partial charge in [0.2, 0.25) is 0 Å². The number of benzene rings is 2. The van der Waals surface area contributed by atoms with Crippen LogP contribution in [0.3, 0.4) is 0 Å². The second kappa shape index (κ2) is 7.45. The molecule has 5 nitrogen and oxygen atoms in total. The second-order valence-corrected chi connectivity index (χ2v) is 5.08. The number of hydrogen-bond donors (Lipinski definition) is 1. The number of hydrogen-bond acceptors (Lipinski definition) is 3. The lowest BCUT2D eigenvalue weighted by Crippen LogP contribution is -2.32. The van der Waals surface area contributed by atoms with E-state index in [9.17, 15) is 9.59 Å². The van der Waals surface area contributed by atoms with Crippen molar-refractivity contribution in [1.29, 1.82) is 0 Å². The molecular weight excluding hydrogens is 282 g/mol. The molecule has 0 heterocycles. The zero-order valence-electron chi connectivity index (χ0n) is 12.5. The molecule has 0 atom stereocenters. The maximum Gasteiger partial charge on any atom is 0.303 e. The Hall–Kier alpha value is -2.56. The minimum absolute atomic E-state index is 0.0573. The highest BCUT2D eigenvalue weighted by molar-refractivity contribution is 5.88. The average Bonchev–Trinajstić information content (AvgIpc) is 2.52. The van der Waals surface area contributed by atoms with Crippen LogP contribution in [-0.2, 0) is 9.59 Å². The van der Waals surface area contributed by atoms with E-state index in [1.807, 2.05) is 42.5 Å². The molecule has 22 heavy (non-hydrogen) atoms. The summed E-state index contributed by atoms with van der Waals surface area (Å²) in [7, 11) is 1.65. The van der Waals surface area contributed by atoms with Crippen LogP contribution in [0.25, 0.3) is 10.8 Å². The number of amides is 1. The van der Waals surface area contributed by atoms with E-state index >= 15 is 0 Å². The Morgan fingerprint density at radius 1 is 1.14 bits per heavy atom. The fourth-order valence-electron chi connectivity index (χ4n) is 2.16. The van der Waals surface area contributed by atoms with Crippen molar-refractivity contribution in [2.45, 2.75) is 12.8 Å². The molecule has 0 aliphatic carbocycles. The summed E-state index contributed by atoms with van der Waals surface area (Å²) >= 11 is 0. The van der Waals surface area contributed by atoms with Crippen molar-refractivity contribution in [3.05, 3.63) is 42.5 Å². The highest BCUT2D eigenvalue weighted by Gasteiger charge is 2.11. The monoisotopic (exact) mass is 301 g/mol. The van der Waals surface area contributed by atoms with Gasteiger partial charge in [0.25, 0.3) is 5.91 Å². The number of carboxylic acid groups (broad SMARTS) is 1. The number of rotatable bonds is 7. The molecule has 0 unspecified atom stereocenters. The lowest BCUT2D eigenvalue weighted by atomic mass is 10.1. The third-order valence-electron chi connectivity index (χ3n) is 3.41. The van der Waals surface area contributed by atoms with Crippen LogP contribution in [0, 0.1) is 0 Å². The summed E-state index contributed by atoms with van der Waals surface area (Å²) in [5.41, 5.74) is 0. The fraction of sp³-hybridized carbons (Fsp3) is 0.294. The average molecular weight is 301 g/mol. The van der Waals surface area contributed by atoms with Gasteiger partial charge in [0.05, 0.1) is 0 Å². The van der Waals surface area contributed by atoms with Crippen molar-refractivity contribution >= 4 is 22.6 Å². The largest absolute Gasteiger partial charge is 0.483 e. The van der Waals surface area contributed by atoms with E-state index in [1.54, 1.807) is 7.05 Å². The van der Waals surface area contributed by atoms with Crippen LogP contribution in [0.15, 0.2) is 42.5 Å². The van der Waals surface area contributed by atoms with Crippen LogP contribution in [0.2, 0.25) is 0 Å². The maximum atomic E-state index is 12.0. The van der Waals surface area contributed by atoms with Gasteiger partial charge in [0.15, 0.2) is 6.61 Å². The zero-order chi connectivity index (χ0) is 15.9. The van der Waals surface area contributed by atoms with Gasteiger partial charge in [-0.05, 0) is 17.9 Å². The first-order valence-electron chi connectivity index (χ1n) is 7.14. The number of carbonyl (C=O) groups excluding carboxylic acids is 1. The molecule has 0 saturated carbocycles. The first-order chi connectivity index (χ1) is 10.6. The molecule has 0 fully saturated rings. The first kappa shape index (κ1) is 15.8. The molecule has 0 aromatic heterocycles. The van der Waals surface area contributed by atoms with E-state index in [0.29, 0.717) is 18.7 Å². The summed E-state index contributed by atoms with van der Waals surface area (Å²) in [6.07, 6.45) is 0.494. The van der Waals surface area contributed by atoms with Crippen LogP contribution in [0.1, 0.15) is 12.8 Å². The summed E-state index contributed by atoms with van der Waals surface area (Å²) in [5, 5.41) is 10.6. The minimum Gasteiger partial charge on any atom is -0.483 e. The zero-order valence-corrected chi connectivity index (χ0v) is 12.5. The standard InChI is InChI=1S/C17H19NO4/c1-18(11-5-10-17(20)21)16(19)12-22-15-9-4-7-13-6-2-3-8-14(13)15/h2-4,6-9H,5,10-12H2,1H3,(H,20,21). The molecule has 0 spiro atoms. The molecule has 5 heteroatoms. The van der Waals surface area contributed by atoms with E-state index in [4.69, 9.17) is 9.84 Å². The van der Waals surface area contributed by atoms with Crippen molar-refractivity contribution in [2.24, 2.45) is 0 Å². The van der Waals surface area contributed by atoms with Gasteiger partial charge in [-0.1, -0.05) is 36.4 Å². The smallest absolute Gasteiger partial charge is 0.303 e. The predicted octanol–water partition coefficient (Wildman–Crippen LogP) is 2.54. The Morgan fingerprint density at radius 2 is 1.86 bits per heavy atom. The topological polar surface area (TPSA) is 66.8 Å². The molecule has 2 rings (SSSR count). The molecule has 0 radical (unpaired) electrons. The maximum absolute atomic E-state index is 12.0. The van der Waals surface area contributed by atoms with Crippen molar-refractivity contribution in [2.75, 3.05) is 20.2 Å². The van der Waals surface area contributed by atoms with E-state index in [2.05, 4.69) is 0 Å². The van der Waals surface area contributed by atoms with Crippen molar-refractivity contribution in [3.63, 3.8) is 0 Å². The summed E-state index contributed by atoms with van der Waals surface area (Å²) < 4.78 is 5.62. The lowest BCUT2D eigenvalue weighted by Gasteiger charge is -2.17. The van der Waals surface area contributed by atoms with Gasteiger partial charge < -0.3 is 14.7 Å². The summed E-state index contributed by atoms with van der Waals surface area (Å²) in [6.45, 7) is 0.349. The number of carbonyl (C=O) groups is 2. The van der Waals surface area contributed by atoms with Crippen LogP contribution in [0.4, 0.5) is 0 Å². The highest BCUT2D eigenvalue weighted by atomic mass is 16.5. The molecule has 1 amide bonds. The molecule has 1 N–H and O–H groups in total. The Morgan fingerprint density at radius 3 is 2.64 bits per heavy atom. The number of carboxylic acids is 1. The quantitative estimate of drug-likeness (QED) is 0.853. The van der Waals surface area contributed by atoms with Crippen LogP contribution in [-0.4, -0.2) is 42.1 Å². The predicted molar refractivity (Wildman–Crippen MR) is 83.9 cm³/mol. The highest BCUT2D eigenvalue weighted by Crippen LogP contribution is 2.25. The summed E-state index contributed by atoms with van der Waals surface area (Å²) in [6, 6.07) is 13.5. The van der Waals surface area contributed by atoms with Gasteiger partial charge in [0, 0.05) is 25.4 Å². The minimum atomic E-state index is -0.854. The van der Waals surface area contributed by atoms with Gasteiger partial charge >= 0.3 is 5.97 Å². The number of likely N-dealkylation sites (N-methyl/N-ethyl adjacent to an activating group) is 1. The summed E-state index contributed by atoms with van der Waals surface area (Å²) in [4.78, 5) is 23.9. The number of fused-ring (bicyclic) bond motifs is 1. The molecule has 0 saturated heterocycles. The normalized spacial score (nSPS) is 10.4. The number of aliphatic carboxylic acids is 1. The van der Waals surface area contributed by atoms with Gasteiger partial charge in [-0.25, -0.2) is 0 Å². The molecule has 2 aromatic carbocycles. The van der Waals surface area contributed by atoms with Crippen molar-refractivity contribution in [3.8, 4) is 5.75 Å². The van der Waals surface area contributed by atoms with Gasteiger partial charge in [-0.15, -0.1) is 0 Å². The molecule has 0 bridgehead atoms. The third-order valence-corrected chi connectivity index (χ3v) is 3.41. The van der Waals surface area contributed by atoms with E-state index in [1.165, 1.54) is 4.90 Å².